The van der Waals surface area contributed by atoms with Gasteiger partial charge in [0.15, 0.2) is 5.82 Å². The third kappa shape index (κ3) is 3.29. The Balaban J connectivity index is 1.42. The molecular formula is C17H17N5O4. The first kappa shape index (κ1) is 16.3. The molecule has 134 valence electrons. The largest absolute Gasteiger partial charge is 0.368 e. The minimum absolute atomic E-state index is 0.0909. The number of nitrogens with one attached hydrogen (secondary N) is 2. The van der Waals surface area contributed by atoms with E-state index in [2.05, 4.69) is 20.6 Å². The van der Waals surface area contributed by atoms with Crippen LogP contribution >= 0.6 is 0 Å². The number of para-hydroxylation sites is 1. The van der Waals surface area contributed by atoms with Gasteiger partial charge >= 0.3 is 0 Å². The third-order valence-corrected chi connectivity index (χ3v) is 4.08. The summed E-state index contributed by atoms with van der Waals surface area (Å²) in [4.78, 5) is 28.6. The summed E-state index contributed by atoms with van der Waals surface area (Å²) < 4.78 is 12.0. The number of carbonyl (C=O) groups excluding carboxylic acids is 1. The number of nitrogens with zero attached hydrogens (tertiary/aromatic N) is 3. The molecule has 0 unspecified atom stereocenters. The zero-order chi connectivity index (χ0) is 17.9. The number of aromatic nitrogens is 4. The summed E-state index contributed by atoms with van der Waals surface area (Å²) in [6.45, 7) is 0.776. The van der Waals surface area contributed by atoms with Gasteiger partial charge in [0.1, 0.15) is 11.8 Å². The smallest absolute Gasteiger partial charge is 0.271 e. The highest BCUT2D eigenvalue weighted by Crippen LogP contribution is 2.26. The maximum atomic E-state index is 12.3. The summed E-state index contributed by atoms with van der Waals surface area (Å²) in [5.74, 6) is 0.351. The summed E-state index contributed by atoms with van der Waals surface area (Å²) in [6.07, 6.45) is 1.65. The van der Waals surface area contributed by atoms with Crippen LogP contribution in [0.1, 0.15) is 41.1 Å². The molecule has 1 aliphatic heterocycles. The van der Waals surface area contributed by atoms with Crippen molar-refractivity contribution in [3.63, 3.8) is 0 Å². The molecule has 1 amide bonds. The molecule has 4 rings (SSSR count). The summed E-state index contributed by atoms with van der Waals surface area (Å²) >= 11 is 0. The molecule has 0 aliphatic carbocycles. The van der Waals surface area contributed by atoms with Gasteiger partial charge in [-0.2, -0.15) is 4.98 Å². The SMILES string of the molecule is O=C(NCc1noc([C@H]2CCCO2)n1)c1cc(=O)n(-c2ccccc2)[nH]1. The van der Waals surface area contributed by atoms with E-state index in [0.29, 0.717) is 24.0 Å². The first-order chi connectivity index (χ1) is 12.7. The van der Waals surface area contributed by atoms with Gasteiger partial charge in [0, 0.05) is 12.7 Å². The van der Waals surface area contributed by atoms with Gasteiger partial charge in [0.25, 0.3) is 17.4 Å². The summed E-state index contributed by atoms with van der Waals surface area (Å²) in [5.41, 5.74) is 0.485. The zero-order valence-electron chi connectivity index (χ0n) is 13.8. The third-order valence-electron chi connectivity index (χ3n) is 4.08. The van der Waals surface area contributed by atoms with Crippen molar-refractivity contribution in [2.75, 3.05) is 6.61 Å². The molecule has 0 radical (unpaired) electrons. The molecule has 9 nitrogen and oxygen atoms in total. The van der Waals surface area contributed by atoms with E-state index in [9.17, 15) is 9.59 Å². The fourth-order valence-electron chi connectivity index (χ4n) is 2.78. The molecule has 26 heavy (non-hydrogen) atoms. The van der Waals surface area contributed by atoms with Crippen molar-refractivity contribution in [2.45, 2.75) is 25.5 Å². The van der Waals surface area contributed by atoms with Crippen LogP contribution in [0.5, 0.6) is 0 Å². The van der Waals surface area contributed by atoms with Crippen LogP contribution in [0.3, 0.4) is 0 Å². The fraction of sp³-hybridized carbons (Fsp3) is 0.294. The number of hydrogen-bond acceptors (Lipinski definition) is 6. The van der Waals surface area contributed by atoms with Crippen molar-refractivity contribution < 1.29 is 14.1 Å². The van der Waals surface area contributed by atoms with E-state index in [1.807, 2.05) is 18.2 Å². The van der Waals surface area contributed by atoms with Crippen LogP contribution in [0.4, 0.5) is 0 Å². The first-order valence-corrected chi connectivity index (χ1v) is 8.30. The van der Waals surface area contributed by atoms with Gasteiger partial charge in [0.2, 0.25) is 0 Å². The van der Waals surface area contributed by atoms with Crippen LogP contribution in [0.15, 0.2) is 45.7 Å². The van der Waals surface area contributed by atoms with E-state index in [-0.39, 0.29) is 23.9 Å². The van der Waals surface area contributed by atoms with E-state index >= 15 is 0 Å². The highest BCUT2D eigenvalue weighted by molar-refractivity contribution is 5.92. The number of carbonyl (C=O) groups is 1. The Morgan fingerprint density at radius 1 is 1.35 bits per heavy atom. The van der Waals surface area contributed by atoms with Crippen molar-refractivity contribution >= 4 is 5.91 Å². The van der Waals surface area contributed by atoms with Gasteiger partial charge in [-0.3, -0.25) is 14.7 Å². The van der Waals surface area contributed by atoms with Crippen molar-refractivity contribution in [3.05, 3.63) is 64.2 Å². The van der Waals surface area contributed by atoms with Crippen molar-refractivity contribution in [1.29, 1.82) is 0 Å². The van der Waals surface area contributed by atoms with E-state index in [1.54, 1.807) is 12.1 Å². The van der Waals surface area contributed by atoms with Crippen molar-refractivity contribution in [2.24, 2.45) is 0 Å². The highest BCUT2D eigenvalue weighted by Gasteiger charge is 2.24. The van der Waals surface area contributed by atoms with Crippen molar-refractivity contribution in [1.82, 2.24) is 25.2 Å². The van der Waals surface area contributed by atoms with Crippen LogP contribution in [-0.4, -0.2) is 32.4 Å². The maximum Gasteiger partial charge on any atom is 0.271 e. The molecule has 3 heterocycles. The molecule has 1 aliphatic rings. The Hall–Kier alpha value is -3.20. The Morgan fingerprint density at radius 3 is 2.96 bits per heavy atom. The number of benzene rings is 1. The lowest BCUT2D eigenvalue weighted by Crippen LogP contribution is -2.24. The topological polar surface area (TPSA) is 115 Å². The second-order valence-electron chi connectivity index (χ2n) is 5.91. The summed E-state index contributed by atoms with van der Waals surface area (Å²) in [7, 11) is 0. The molecular weight excluding hydrogens is 338 g/mol. The second kappa shape index (κ2) is 6.96. The lowest BCUT2D eigenvalue weighted by atomic mass is 10.2. The Morgan fingerprint density at radius 2 is 2.19 bits per heavy atom. The lowest BCUT2D eigenvalue weighted by molar-refractivity contribution is 0.0835. The molecule has 0 saturated carbocycles. The predicted octanol–water partition coefficient (Wildman–Crippen LogP) is 1.33. The van der Waals surface area contributed by atoms with Crippen LogP contribution in [-0.2, 0) is 11.3 Å². The minimum atomic E-state index is -0.430. The standard InChI is InChI=1S/C17H17N5O4/c23-15-9-12(20-22(15)11-5-2-1-3-6-11)16(24)18-10-14-19-17(26-21-14)13-7-4-8-25-13/h1-3,5-6,9,13,20H,4,7-8,10H2,(H,18,24)/t13-/m1/s1. The number of ether oxygens (including phenoxy) is 1. The van der Waals surface area contributed by atoms with Crippen LogP contribution < -0.4 is 10.9 Å². The number of hydrogen-bond donors (Lipinski definition) is 2. The van der Waals surface area contributed by atoms with Gasteiger partial charge in [-0.05, 0) is 25.0 Å². The molecule has 2 aromatic heterocycles. The first-order valence-electron chi connectivity index (χ1n) is 8.30. The van der Waals surface area contributed by atoms with Crippen molar-refractivity contribution in [3.8, 4) is 5.69 Å². The van der Waals surface area contributed by atoms with E-state index < -0.39 is 5.91 Å². The summed E-state index contributed by atoms with van der Waals surface area (Å²) in [5, 5.41) is 9.29. The zero-order valence-corrected chi connectivity index (χ0v) is 13.8. The molecule has 1 atom stereocenters. The molecule has 2 N–H and O–H groups in total. The minimum Gasteiger partial charge on any atom is -0.368 e. The van der Waals surface area contributed by atoms with Crippen LogP contribution in [0.25, 0.3) is 5.69 Å². The highest BCUT2D eigenvalue weighted by atomic mass is 16.5. The molecule has 3 aromatic rings. The monoisotopic (exact) mass is 355 g/mol. The van der Waals surface area contributed by atoms with Gasteiger partial charge in [0.05, 0.1) is 12.2 Å². The molecule has 0 spiro atoms. The second-order valence-corrected chi connectivity index (χ2v) is 5.91. The van der Waals surface area contributed by atoms with Gasteiger partial charge in [-0.1, -0.05) is 23.4 Å². The number of H-pyrrole nitrogens is 1. The predicted molar refractivity (Wildman–Crippen MR) is 89.8 cm³/mol. The maximum absolute atomic E-state index is 12.3. The van der Waals surface area contributed by atoms with Crippen LogP contribution in [0.2, 0.25) is 0 Å². The summed E-state index contributed by atoms with van der Waals surface area (Å²) in [6, 6.07) is 10.3. The Bertz CT molecular complexity index is 953. The van der Waals surface area contributed by atoms with Gasteiger partial charge in [-0.15, -0.1) is 0 Å². The number of aromatic amines is 1. The molecule has 0 bridgehead atoms. The number of amides is 1. The Labute approximate surface area is 148 Å². The number of rotatable bonds is 5. The van der Waals surface area contributed by atoms with E-state index in [4.69, 9.17) is 9.26 Å². The van der Waals surface area contributed by atoms with Gasteiger partial charge < -0.3 is 14.6 Å². The van der Waals surface area contributed by atoms with Crippen LogP contribution in [0, 0.1) is 0 Å². The lowest BCUT2D eigenvalue weighted by Gasteiger charge is -2.02. The molecule has 1 saturated heterocycles. The molecule has 9 heteroatoms. The average Bonchev–Trinajstić information content (AvgIpc) is 3.40. The quantitative estimate of drug-likeness (QED) is 0.713. The molecule has 1 aromatic carbocycles. The average molecular weight is 355 g/mol. The normalized spacial score (nSPS) is 16.7. The molecule has 1 fully saturated rings. The van der Waals surface area contributed by atoms with Gasteiger partial charge in [-0.25, -0.2) is 4.68 Å². The Kier molecular flexibility index (Phi) is 4.36. The van der Waals surface area contributed by atoms with E-state index in [1.165, 1.54) is 10.7 Å². The van der Waals surface area contributed by atoms with E-state index in [0.717, 1.165) is 12.8 Å². The fourth-order valence-corrected chi connectivity index (χ4v) is 2.78.